The molecular formula is C23H27ClFN3O4. The molecule has 2 amide bonds. The molecule has 0 fully saturated rings. The lowest BCUT2D eigenvalue weighted by Gasteiger charge is -2.16. The highest BCUT2D eigenvalue weighted by Gasteiger charge is 2.14. The Bertz CT molecular complexity index is 976. The van der Waals surface area contributed by atoms with Gasteiger partial charge in [0, 0.05) is 30.9 Å². The van der Waals surface area contributed by atoms with Crippen molar-refractivity contribution in [3.8, 4) is 5.75 Å². The van der Waals surface area contributed by atoms with Crippen LogP contribution in [0.1, 0.15) is 42.7 Å². The molecule has 7 nitrogen and oxygen atoms in total. The molecule has 172 valence electrons. The number of benzene rings is 1. The molecule has 0 spiro atoms. The first-order chi connectivity index (χ1) is 15.0. The molecule has 2 rings (SSSR count). The van der Waals surface area contributed by atoms with Crippen molar-refractivity contribution in [1.29, 1.82) is 0 Å². The van der Waals surface area contributed by atoms with Crippen LogP contribution in [0.15, 0.2) is 48.8 Å². The number of pyridine rings is 1. The summed E-state index contributed by atoms with van der Waals surface area (Å²) in [4.78, 5) is 28.3. The summed E-state index contributed by atoms with van der Waals surface area (Å²) in [5.41, 5.74) is 0.793. The van der Waals surface area contributed by atoms with Gasteiger partial charge in [-0.1, -0.05) is 18.2 Å². The van der Waals surface area contributed by atoms with Crippen LogP contribution in [-0.4, -0.2) is 40.7 Å². The smallest absolute Gasteiger partial charge is 0.269 e. The molecule has 3 N–H and O–H groups in total. The van der Waals surface area contributed by atoms with Gasteiger partial charge in [-0.05, 0) is 56.5 Å². The molecule has 0 atom stereocenters. The Balaban J connectivity index is 1.72. The van der Waals surface area contributed by atoms with E-state index in [0.29, 0.717) is 25.0 Å². The van der Waals surface area contributed by atoms with E-state index < -0.39 is 17.3 Å². The van der Waals surface area contributed by atoms with Crippen molar-refractivity contribution in [3.63, 3.8) is 0 Å². The van der Waals surface area contributed by atoms with E-state index in [9.17, 15) is 19.1 Å². The zero-order valence-electron chi connectivity index (χ0n) is 18.1. The summed E-state index contributed by atoms with van der Waals surface area (Å²) in [6, 6.07) is 7.38. The van der Waals surface area contributed by atoms with E-state index in [2.05, 4.69) is 22.2 Å². The van der Waals surface area contributed by atoms with E-state index >= 15 is 0 Å². The lowest BCUT2D eigenvalue weighted by atomic mass is 9.99. The van der Waals surface area contributed by atoms with Crippen LogP contribution in [0, 0.1) is 5.82 Å². The standard InChI is InChI=1S/C23H27ClFN3O4/c1-15(28-21(29)14-32-17-4-5-18(24)19(25)13-17)7-10-27-22(30)20-12-16(8-11-26-20)6-9-23(2,3)31/h4-5,8,11-13,31H,1,6-7,9-10,14H2,2-3H3,(H,27,30)(H,28,29). The second-order valence-corrected chi connectivity index (χ2v) is 8.29. The monoisotopic (exact) mass is 463 g/mol. The molecule has 2 aromatic rings. The lowest BCUT2D eigenvalue weighted by Crippen LogP contribution is -2.31. The third-order valence-corrected chi connectivity index (χ3v) is 4.68. The van der Waals surface area contributed by atoms with Gasteiger partial charge >= 0.3 is 0 Å². The Morgan fingerprint density at radius 2 is 2.03 bits per heavy atom. The summed E-state index contributed by atoms with van der Waals surface area (Å²) in [6.07, 6.45) is 3.06. The van der Waals surface area contributed by atoms with Crippen molar-refractivity contribution < 1.29 is 23.8 Å². The zero-order chi connectivity index (χ0) is 23.7. The van der Waals surface area contributed by atoms with Crippen LogP contribution < -0.4 is 15.4 Å². The predicted molar refractivity (Wildman–Crippen MR) is 120 cm³/mol. The molecule has 1 heterocycles. The number of nitrogens with zero attached hydrogens (tertiary/aromatic N) is 1. The number of aliphatic hydroxyl groups is 1. The largest absolute Gasteiger partial charge is 0.484 e. The van der Waals surface area contributed by atoms with Gasteiger partial charge in [0.15, 0.2) is 6.61 Å². The quantitative estimate of drug-likeness (QED) is 0.474. The highest BCUT2D eigenvalue weighted by atomic mass is 35.5. The van der Waals surface area contributed by atoms with Gasteiger partial charge in [-0.15, -0.1) is 0 Å². The van der Waals surface area contributed by atoms with Crippen molar-refractivity contribution >= 4 is 23.4 Å². The first-order valence-corrected chi connectivity index (χ1v) is 10.4. The SMILES string of the molecule is C=C(CCNC(=O)c1cc(CCC(C)(C)O)ccn1)NC(=O)COc1ccc(Cl)c(F)c1. The fraction of sp³-hybridized carbons (Fsp3) is 0.348. The predicted octanol–water partition coefficient (Wildman–Crippen LogP) is 3.41. The summed E-state index contributed by atoms with van der Waals surface area (Å²) < 4.78 is 18.6. The van der Waals surface area contributed by atoms with Crippen molar-refractivity contribution in [2.24, 2.45) is 0 Å². The number of halogens is 2. The second kappa shape index (κ2) is 11.6. The topological polar surface area (TPSA) is 101 Å². The van der Waals surface area contributed by atoms with Gasteiger partial charge < -0.3 is 20.5 Å². The molecule has 9 heteroatoms. The van der Waals surface area contributed by atoms with Crippen LogP contribution in [0.2, 0.25) is 5.02 Å². The van der Waals surface area contributed by atoms with Gasteiger partial charge in [-0.3, -0.25) is 14.6 Å². The number of hydrogen-bond acceptors (Lipinski definition) is 5. The molecule has 32 heavy (non-hydrogen) atoms. The minimum Gasteiger partial charge on any atom is -0.484 e. The van der Waals surface area contributed by atoms with E-state index in [1.54, 1.807) is 32.2 Å². The number of nitrogens with one attached hydrogen (secondary N) is 2. The van der Waals surface area contributed by atoms with E-state index in [-0.39, 0.29) is 35.5 Å². The molecule has 0 aliphatic rings. The summed E-state index contributed by atoms with van der Waals surface area (Å²) >= 11 is 5.60. The zero-order valence-corrected chi connectivity index (χ0v) is 18.8. The number of hydrogen-bond donors (Lipinski definition) is 3. The maximum Gasteiger partial charge on any atom is 0.269 e. The fourth-order valence-corrected chi connectivity index (χ4v) is 2.75. The number of carbonyl (C=O) groups is 2. The molecule has 0 saturated heterocycles. The van der Waals surface area contributed by atoms with Gasteiger partial charge in [-0.25, -0.2) is 4.39 Å². The fourth-order valence-electron chi connectivity index (χ4n) is 2.63. The van der Waals surface area contributed by atoms with E-state index in [1.807, 2.05) is 0 Å². The first kappa shape index (κ1) is 25.3. The highest BCUT2D eigenvalue weighted by molar-refractivity contribution is 6.30. The third kappa shape index (κ3) is 9.03. The van der Waals surface area contributed by atoms with Crippen LogP contribution in [0.4, 0.5) is 4.39 Å². The summed E-state index contributed by atoms with van der Waals surface area (Å²) in [7, 11) is 0. The number of carbonyl (C=O) groups excluding carboxylic acids is 2. The maximum atomic E-state index is 13.4. The summed E-state index contributed by atoms with van der Waals surface area (Å²) in [6.45, 7) is 7.14. The van der Waals surface area contributed by atoms with Crippen LogP contribution in [0.3, 0.4) is 0 Å². The van der Waals surface area contributed by atoms with Crippen LogP contribution >= 0.6 is 11.6 Å². The molecular weight excluding hydrogens is 437 g/mol. The van der Waals surface area contributed by atoms with Crippen LogP contribution in [0.5, 0.6) is 5.75 Å². The Labute approximate surface area is 191 Å². The molecule has 0 aliphatic carbocycles. The number of aryl methyl sites for hydroxylation is 1. The molecule has 0 saturated carbocycles. The number of ether oxygens (including phenoxy) is 1. The maximum absolute atomic E-state index is 13.4. The van der Waals surface area contributed by atoms with Gasteiger partial charge in [0.05, 0.1) is 10.6 Å². The van der Waals surface area contributed by atoms with Gasteiger partial charge in [0.1, 0.15) is 17.3 Å². The minimum absolute atomic E-state index is 0.0340. The normalized spacial score (nSPS) is 11.0. The van der Waals surface area contributed by atoms with Gasteiger partial charge in [0.2, 0.25) is 0 Å². The number of aromatic nitrogens is 1. The Morgan fingerprint density at radius 1 is 1.28 bits per heavy atom. The molecule has 0 radical (unpaired) electrons. The third-order valence-electron chi connectivity index (χ3n) is 4.37. The molecule has 0 unspecified atom stereocenters. The van der Waals surface area contributed by atoms with Crippen molar-refractivity contribution in [1.82, 2.24) is 15.6 Å². The highest BCUT2D eigenvalue weighted by Crippen LogP contribution is 2.20. The average Bonchev–Trinajstić information content (AvgIpc) is 2.72. The Kier molecular flexibility index (Phi) is 9.16. The molecule has 1 aromatic carbocycles. The number of rotatable bonds is 11. The Hall–Kier alpha value is -2.97. The van der Waals surface area contributed by atoms with Crippen LogP contribution in [-0.2, 0) is 11.2 Å². The van der Waals surface area contributed by atoms with Gasteiger partial charge in [-0.2, -0.15) is 0 Å². The minimum atomic E-state index is -0.785. The lowest BCUT2D eigenvalue weighted by molar-refractivity contribution is -0.122. The molecule has 1 aromatic heterocycles. The molecule has 0 aliphatic heterocycles. The van der Waals surface area contributed by atoms with Crippen molar-refractivity contribution in [2.75, 3.05) is 13.2 Å². The summed E-state index contributed by atoms with van der Waals surface area (Å²) in [5.74, 6) is -1.26. The Morgan fingerprint density at radius 3 is 2.72 bits per heavy atom. The summed E-state index contributed by atoms with van der Waals surface area (Å²) in [5, 5.41) is 15.1. The van der Waals surface area contributed by atoms with E-state index in [1.165, 1.54) is 12.1 Å². The van der Waals surface area contributed by atoms with Crippen LogP contribution in [0.25, 0.3) is 0 Å². The first-order valence-electron chi connectivity index (χ1n) is 10.0. The molecule has 0 bridgehead atoms. The van der Waals surface area contributed by atoms with Crippen molar-refractivity contribution in [3.05, 3.63) is 70.9 Å². The van der Waals surface area contributed by atoms with E-state index in [4.69, 9.17) is 16.3 Å². The van der Waals surface area contributed by atoms with Gasteiger partial charge in [0.25, 0.3) is 11.8 Å². The average molecular weight is 464 g/mol. The second-order valence-electron chi connectivity index (χ2n) is 7.88. The van der Waals surface area contributed by atoms with Crippen molar-refractivity contribution in [2.45, 2.75) is 38.7 Å². The van der Waals surface area contributed by atoms with E-state index in [0.717, 1.165) is 11.6 Å². The number of amides is 2.